The van der Waals surface area contributed by atoms with Crippen molar-refractivity contribution in [3.05, 3.63) is 0 Å². The minimum Gasteiger partial charge on any atom is -0.481 e. The fraction of sp³-hybridized carbons (Fsp3) is 0.800. The van der Waals surface area contributed by atoms with E-state index in [1.165, 1.54) is 0 Å². The lowest BCUT2D eigenvalue weighted by Gasteiger charge is -2.36. The van der Waals surface area contributed by atoms with Gasteiger partial charge in [0, 0.05) is 38.0 Å². The zero-order chi connectivity index (χ0) is 15.6. The fourth-order valence-electron chi connectivity index (χ4n) is 3.20. The van der Waals surface area contributed by atoms with Gasteiger partial charge in [-0.1, -0.05) is 13.8 Å². The van der Waals surface area contributed by atoms with Gasteiger partial charge in [-0.05, 0) is 19.3 Å². The van der Waals surface area contributed by atoms with Gasteiger partial charge in [0.15, 0.2) is 0 Å². The monoisotopic (exact) mass is 296 g/mol. The first kappa shape index (κ1) is 15.8. The first-order chi connectivity index (χ1) is 9.90. The van der Waals surface area contributed by atoms with Crippen LogP contribution in [0.25, 0.3) is 0 Å². The maximum absolute atomic E-state index is 12.4. The maximum Gasteiger partial charge on any atom is 0.306 e. The Balaban J connectivity index is 1.84. The van der Waals surface area contributed by atoms with E-state index < -0.39 is 5.97 Å². The summed E-state index contributed by atoms with van der Waals surface area (Å²) in [5.74, 6) is -1.14. The Labute approximate surface area is 125 Å². The van der Waals surface area contributed by atoms with Crippen LogP contribution in [0.4, 0.5) is 0 Å². The van der Waals surface area contributed by atoms with E-state index in [4.69, 9.17) is 5.11 Å². The van der Waals surface area contributed by atoms with Crippen molar-refractivity contribution in [2.75, 3.05) is 26.2 Å². The smallest absolute Gasteiger partial charge is 0.306 e. The van der Waals surface area contributed by atoms with E-state index in [2.05, 4.69) is 0 Å². The van der Waals surface area contributed by atoms with Crippen LogP contribution in [-0.4, -0.2) is 58.9 Å². The highest BCUT2D eigenvalue weighted by molar-refractivity contribution is 5.82. The molecule has 2 unspecified atom stereocenters. The zero-order valence-electron chi connectivity index (χ0n) is 12.7. The van der Waals surface area contributed by atoms with Crippen LogP contribution in [0.2, 0.25) is 0 Å². The van der Waals surface area contributed by atoms with E-state index >= 15 is 0 Å². The summed E-state index contributed by atoms with van der Waals surface area (Å²) in [5, 5.41) is 9.00. The van der Waals surface area contributed by atoms with Crippen molar-refractivity contribution in [2.45, 2.75) is 33.1 Å². The molecular formula is C15H24N2O4. The molecule has 0 spiro atoms. The number of rotatable bonds is 3. The van der Waals surface area contributed by atoms with Gasteiger partial charge in [0.25, 0.3) is 0 Å². The molecule has 2 amide bonds. The molecule has 118 valence electrons. The van der Waals surface area contributed by atoms with Gasteiger partial charge in [-0.2, -0.15) is 0 Å². The molecule has 2 aliphatic rings. The number of hydrogen-bond donors (Lipinski definition) is 1. The van der Waals surface area contributed by atoms with E-state index in [0.717, 1.165) is 0 Å². The number of carboxylic acids is 1. The molecule has 2 atom stereocenters. The lowest BCUT2D eigenvalue weighted by molar-refractivity contribution is -0.144. The van der Waals surface area contributed by atoms with Crippen LogP contribution in [0.15, 0.2) is 0 Å². The summed E-state index contributed by atoms with van der Waals surface area (Å²) in [7, 11) is 0. The largest absolute Gasteiger partial charge is 0.481 e. The first-order valence-electron chi connectivity index (χ1n) is 7.70. The number of nitrogens with zero attached hydrogens (tertiary/aromatic N) is 2. The number of piperazine rings is 1. The summed E-state index contributed by atoms with van der Waals surface area (Å²) in [6, 6.07) is 0. The number of hydrogen-bond acceptors (Lipinski definition) is 3. The third-order valence-corrected chi connectivity index (χ3v) is 4.53. The number of carbonyl (C=O) groups excluding carboxylic acids is 2. The van der Waals surface area contributed by atoms with Crippen molar-refractivity contribution in [2.24, 2.45) is 17.8 Å². The molecule has 6 nitrogen and oxygen atoms in total. The van der Waals surface area contributed by atoms with Crippen LogP contribution in [0.1, 0.15) is 33.1 Å². The Morgan fingerprint density at radius 2 is 1.48 bits per heavy atom. The van der Waals surface area contributed by atoms with Crippen molar-refractivity contribution >= 4 is 17.8 Å². The molecule has 0 aromatic heterocycles. The second kappa shape index (κ2) is 6.45. The molecule has 0 aromatic carbocycles. The lowest BCUT2D eigenvalue weighted by atomic mass is 10.0. The average Bonchev–Trinajstić information content (AvgIpc) is 2.96. The maximum atomic E-state index is 12.4. The molecule has 2 fully saturated rings. The summed E-state index contributed by atoms with van der Waals surface area (Å²) < 4.78 is 0. The van der Waals surface area contributed by atoms with E-state index in [0.29, 0.717) is 45.4 Å². The highest BCUT2D eigenvalue weighted by Crippen LogP contribution is 2.32. The van der Waals surface area contributed by atoms with Crippen molar-refractivity contribution in [1.29, 1.82) is 0 Å². The van der Waals surface area contributed by atoms with Gasteiger partial charge in [0.1, 0.15) is 0 Å². The average molecular weight is 296 g/mol. The normalized spacial score (nSPS) is 26.2. The molecule has 0 radical (unpaired) electrons. The number of carboxylic acid groups (broad SMARTS) is 1. The molecule has 21 heavy (non-hydrogen) atoms. The van der Waals surface area contributed by atoms with Gasteiger partial charge in [-0.25, -0.2) is 0 Å². The summed E-state index contributed by atoms with van der Waals surface area (Å²) in [4.78, 5) is 38.9. The van der Waals surface area contributed by atoms with E-state index in [-0.39, 0.29) is 29.6 Å². The topological polar surface area (TPSA) is 77.9 Å². The second-order valence-corrected chi connectivity index (χ2v) is 6.35. The Kier molecular flexibility index (Phi) is 4.85. The molecule has 0 bridgehead atoms. The Morgan fingerprint density at radius 1 is 0.952 bits per heavy atom. The predicted molar refractivity (Wildman–Crippen MR) is 76.5 cm³/mol. The molecule has 1 saturated carbocycles. The van der Waals surface area contributed by atoms with E-state index in [1.54, 1.807) is 4.90 Å². The number of aliphatic carboxylic acids is 1. The summed E-state index contributed by atoms with van der Waals surface area (Å²) >= 11 is 0. The summed E-state index contributed by atoms with van der Waals surface area (Å²) in [5.41, 5.74) is 0. The summed E-state index contributed by atoms with van der Waals surface area (Å²) in [6.45, 7) is 6.04. The van der Waals surface area contributed by atoms with Crippen molar-refractivity contribution in [3.8, 4) is 0 Å². The first-order valence-corrected chi connectivity index (χ1v) is 7.70. The molecule has 1 N–H and O–H groups in total. The standard InChI is InChI=1S/C15H24N2O4/c1-10(2)13(18)16-5-7-17(8-6-16)14(19)11-3-4-12(9-11)15(20)21/h10-12H,3-9H2,1-2H3,(H,20,21). The molecule has 2 rings (SSSR count). The van der Waals surface area contributed by atoms with Crippen LogP contribution in [0, 0.1) is 17.8 Å². The highest BCUT2D eigenvalue weighted by atomic mass is 16.4. The fourth-order valence-corrected chi connectivity index (χ4v) is 3.20. The van der Waals surface area contributed by atoms with Gasteiger partial charge >= 0.3 is 5.97 Å². The van der Waals surface area contributed by atoms with Crippen molar-refractivity contribution in [3.63, 3.8) is 0 Å². The summed E-state index contributed by atoms with van der Waals surface area (Å²) in [6.07, 6.45) is 1.72. The van der Waals surface area contributed by atoms with Gasteiger partial charge in [-0.3, -0.25) is 14.4 Å². The molecule has 1 saturated heterocycles. The lowest BCUT2D eigenvalue weighted by Crippen LogP contribution is -2.52. The Hall–Kier alpha value is -1.59. The van der Waals surface area contributed by atoms with E-state index in [1.807, 2.05) is 18.7 Å². The third kappa shape index (κ3) is 3.54. The van der Waals surface area contributed by atoms with Gasteiger partial charge in [0.2, 0.25) is 11.8 Å². The minimum absolute atomic E-state index is 0.0154. The number of carbonyl (C=O) groups is 3. The van der Waals surface area contributed by atoms with Crippen LogP contribution in [0.3, 0.4) is 0 Å². The van der Waals surface area contributed by atoms with Gasteiger partial charge < -0.3 is 14.9 Å². The van der Waals surface area contributed by atoms with E-state index in [9.17, 15) is 14.4 Å². The van der Waals surface area contributed by atoms with Crippen LogP contribution < -0.4 is 0 Å². The molecule has 1 aliphatic heterocycles. The van der Waals surface area contributed by atoms with Crippen molar-refractivity contribution in [1.82, 2.24) is 9.80 Å². The van der Waals surface area contributed by atoms with Crippen LogP contribution in [0.5, 0.6) is 0 Å². The molecular weight excluding hydrogens is 272 g/mol. The zero-order valence-corrected chi connectivity index (χ0v) is 12.7. The molecule has 6 heteroatoms. The quantitative estimate of drug-likeness (QED) is 0.836. The molecule has 0 aromatic rings. The SMILES string of the molecule is CC(C)C(=O)N1CCN(C(=O)C2CCC(C(=O)O)C2)CC1. The Bertz CT molecular complexity index is 427. The third-order valence-electron chi connectivity index (χ3n) is 4.53. The van der Waals surface area contributed by atoms with Crippen LogP contribution in [-0.2, 0) is 14.4 Å². The highest BCUT2D eigenvalue weighted by Gasteiger charge is 2.37. The molecule has 1 aliphatic carbocycles. The van der Waals surface area contributed by atoms with Crippen molar-refractivity contribution < 1.29 is 19.5 Å². The predicted octanol–water partition coefficient (Wildman–Crippen LogP) is 0.814. The van der Waals surface area contributed by atoms with Crippen LogP contribution >= 0.6 is 0 Å². The minimum atomic E-state index is -0.794. The Morgan fingerprint density at radius 3 is 1.95 bits per heavy atom. The second-order valence-electron chi connectivity index (χ2n) is 6.35. The van der Waals surface area contributed by atoms with Gasteiger partial charge in [-0.15, -0.1) is 0 Å². The van der Waals surface area contributed by atoms with Gasteiger partial charge in [0.05, 0.1) is 5.92 Å². The molecule has 1 heterocycles. The number of amides is 2.